The first-order chi connectivity index (χ1) is 10.3. The van der Waals surface area contributed by atoms with Gasteiger partial charge < -0.3 is 5.32 Å². The molecule has 0 amide bonds. The van der Waals surface area contributed by atoms with Crippen LogP contribution in [0.25, 0.3) is 0 Å². The van der Waals surface area contributed by atoms with Gasteiger partial charge in [0.05, 0.1) is 10.7 Å². The Balaban J connectivity index is 1.72. The fraction of sp³-hybridized carbons (Fsp3) is 0.353. The predicted octanol–water partition coefficient (Wildman–Crippen LogP) is 3.38. The Bertz CT molecular complexity index is 600. The molecule has 2 heterocycles. The second kappa shape index (κ2) is 6.46. The van der Waals surface area contributed by atoms with Crippen molar-refractivity contribution in [2.24, 2.45) is 0 Å². The summed E-state index contributed by atoms with van der Waals surface area (Å²) < 4.78 is 0. The Kier molecular flexibility index (Phi) is 4.42. The number of rotatable bonds is 3. The lowest BCUT2D eigenvalue weighted by Crippen LogP contribution is -2.26. The molecule has 110 valence electrons. The van der Waals surface area contributed by atoms with E-state index < -0.39 is 0 Å². The van der Waals surface area contributed by atoms with Crippen LogP contribution in [0.5, 0.6) is 0 Å². The van der Waals surface area contributed by atoms with E-state index in [2.05, 4.69) is 39.5 Å². The summed E-state index contributed by atoms with van der Waals surface area (Å²) in [6.45, 7) is 2.92. The highest BCUT2D eigenvalue weighted by Gasteiger charge is 2.15. The van der Waals surface area contributed by atoms with E-state index in [1.807, 2.05) is 19.2 Å². The topological polar surface area (TPSA) is 28.2 Å². The molecule has 0 atom stereocenters. The highest BCUT2D eigenvalue weighted by molar-refractivity contribution is 6.31. The highest BCUT2D eigenvalue weighted by Crippen LogP contribution is 2.21. The maximum absolute atomic E-state index is 6.29. The van der Waals surface area contributed by atoms with Gasteiger partial charge in [-0.1, -0.05) is 35.9 Å². The molecule has 1 aromatic carbocycles. The van der Waals surface area contributed by atoms with E-state index in [1.54, 1.807) is 0 Å². The van der Waals surface area contributed by atoms with Crippen LogP contribution in [-0.2, 0) is 19.4 Å². The van der Waals surface area contributed by atoms with Crippen LogP contribution in [0, 0.1) is 0 Å². The van der Waals surface area contributed by atoms with Crippen molar-refractivity contribution in [3.05, 3.63) is 58.2 Å². The minimum absolute atomic E-state index is 0.746. The van der Waals surface area contributed by atoms with Gasteiger partial charge in [0, 0.05) is 26.7 Å². The molecule has 0 radical (unpaired) electrons. The van der Waals surface area contributed by atoms with Crippen LogP contribution in [-0.4, -0.2) is 30.0 Å². The van der Waals surface area contributed by atoms with Gasteiger partial charge in [0.2, 0.25) is 0 Å². The maximum Gasteiger partial charge on any atom is 0.126 e. The van der Waals surface area contributed by atoms with Crippen LogP contribution >= 0.6 is 11.6 Å². The van der Waals surface area contributed by atoms with Crippen LogP contribution in [0.15, 0.2) is 36.4 Å². The molecule has 0 unspecified atom stereocenters. The molecular formula is C17H20ClN3. The maximum atomic E-state index is 6.29. The smallest absolute Gasteiger partial charge is 0.126 e. The van der Waals surface area contributed by atoms with Crippen molar-refractivity contribution in [2.45, 2.75) is 19.4 Å². The number of halogens is 1. The molecule has 0 aliphatic carbocycles. The number of fused-ring (bicyclic) bond motifs is 1. The lowest BCUT2D eigenvalue weighted by atomic mass is 10.0. The van der Waals surface area contributed by atoms with Gasteiger partial charge in [-0.15, -0.1) is 0 Å². The van der Waals surface area contributed by atoms with Gasteiger partial charge in [-0.25, -0.2) is 4.98 Å². The molecule has 21 heavy (non-hydrogen) atoms. The summed E-state index contributed by atoms with van der Waals surface area (Å²) in [5.41, 5.74) is 3.90. The third kappa shape index (κ3) is 3.36. The molecular weight excluding hydrogens is 282 g/mol. The van der Waals surface area contributed by atoms with Crippen molar-refractivity contribution in [1.82, 2.24) is 9.88 Å². The number of hydrogen-bond donors (Lipinski definition) is 1. The number of hydrogen-bond acceptors (Lipinski definition) is 3. The molecule has 0 saturated carbocycles. The molecule has 0 bridgehead atoms. The average molecular weight is 302 g/mol. The second-order valence-corrected chi connectivity index (χ2v) is 5.83. The molecule has 1 aliphatic rings. The molecule has 3 rings (SSSR count). The first-order valence-corrected chi connectivity index (χ1v) is 7.76. The largest absolute Gasteiger partial charge is 0.373 e. The normalized spacial score (nSPS) is 15.3. The molecule has 2 aromatic rings. The van der Waals surface area contributed by atoms with E-state index in [-0.39, 0.29) is 0 Å². The second-order valence-electron chi connectivity index (χ2n) is 5.42. The fourth-order valence-corrected chi connectivity index (χ4v) is 2.98. The minimum Gasteiger partial charge on any atom is -0.373 e. The van der Waals surface area contributed by atoms with Gasteiger partial charge >= 0.3 is 0 Å². The predicted molar refractivity (Wildman–Crippen MR) is 87.9 cm³/mol. The lowest BCUT2D eigenvalue weighted by Gasteiger charge is -2.20. The van der Waals surface area contributed by atoms with Crippen LogP contribution in [0.3, 0.4) is 0 Å². The number of nitrogens with zero attached hydrogens (tertiary/aromatic N) is 2. The van der Waals surface area contributed by atoms with Crippen LogP contribution in [0.1, 0.15) is 16.8 Å². The molecule has 0 spiro atoms. The van der Waals surface area contributed by atoms with E-state index in [0.29, 0.717) is 0 Å². The first-order valence-electron chi connectivity index (χ1n) is 7.38. The van der Waals surface area contributed by atoms with Crippen molar-refractivity contribution in [2.75, 3.05) is 25.5 Å². The van der Waals surface area contributed by atoms with E-state index >= 15 is 0 Å². The molecule has 0 fully saturated rings. The Labute approximate surface area is 131 Å². The minimum atomic E-state index is 0.746. The standard InChI is InChI=1S/C17H20ClN3/c1-19-17-7-6-15(18)16(20-17)12-21-10-8-13-4-2-3-5-14(13)9-11-21/h2-7H,8-12H2,1H3,(H,19,20). The average Bonchev–Trinajstić information content (AvgIpc) is 2.72. The number of nitrogens with one attached hydrogen (secondary N) is 1. The Morgan fingerprint density at radius 2 is 1.76 bits per heavy atom. The van der Waals surface area contributed by atoms with Gasteiger partial charge in [-0.05, 0) is 36.1 Å². The summed E-state index contributed by atoms with van der Waals surface area (Å²) in [4.78, 5) is 7.02. The Hall–Kier alpha value is -1.58. The van der Waals surface area contributed by atoms with Crippen LogP contribution < -0.4 is 5.32 Å². The van der Waals surface area contributed by atoms with Gasteiger partial charge in [0.1, 0.15) is 5.82 Å². The monoisotopic (exact) mass is 301 g/mol. The quantitative estimate of drug-likeness (QED) is 0.942. The van der Waals surface area contributed by atoms with Gasteiger partial charge in [0.25, 0.3) is 0 Å². The third-order valence-electron chi connectivity index (χ3n) is 4.06. The number of pyridine rings is 1. The Morgan fingerprint density at radius 3 is 2.38 bits per heavy atom. The SMILES string of the molecule is CNc1ccc(Cl)c(CN2CCc3ccccc3CC2)n1. The molecule has 4 heteroatoms. The summed E-state index contributed by atoms with van der Waals surface area (Å²) in [7, 11) is 1.88. The molecule has 3 nitrogen and oxygen atoms in total. The molecule has 0 saturated heterocycles. The Morgan fingerprint density at radius 1 is 1.10 bits per heavy atom. The van der Waals surface area contributed by atoms with Crippen molar-refractivity contribution in [3.8, 4) is 0 Å². The van der Waals surface area contributed by atoms with Crippen LogP contribution in [0.2, 0.25) is 5.02 Å². The van der Waals surface area contributed by atoms with E-state index in [0.717, 1.165) is 49.0 Å². The zero-order chi connectivity index (χ0) is 14.7. The van der Waals surface area contributed by atoms with E-state index in [1.165, 1.54) is 11.1 Å². The molecule has 1 N–H and O–H groups in total. The lowest BCUT2D eigenvalue weighted by molar-refractivity contribution is 0.276. The number of aromatic nitrogens is 1. The van der Waals surface area contributed by atoms with Gasteiger partial charge in [-0.2, -0.15) is 0 Å². The van der Waals surface area contributed by atoms with E-state index in [9.17, 15) is 0 Å². The number of anilines is 1. The van der Waals surface area contributed by atoms with Gasteiger partial charge in [0.15, 0.2) is 0 Å². The van der Waals surface area contributed by atoms with Crippen molar-refractivity contribution >= 4 is 17.4 Å². The fourth-order valence-electron chi connectivity index (χ4n) is 2.82. The number of benzene rings is 1. The zero-order valence-electron chi connectivity index (χ0n) is 12.3. The first kappa shape index (κ1) is 14.4. The third-order valence-corrected chi connectivity index (χ3v) is 4.41. The van der Waals surface area contributed by atoms with Gasteiger partial charge in [-0.3, -0.25) is 4.90 Å². The highest BCUT2D eigenvalue weighted by atomic mass is 35.5. The van der Waals surface area contributed by atoms with Crippen molar-refractivity contribution < 1.29 is 0 Å². The van der Waals surface area contributed by atoms with Crippen molar-refractivity contribution in [3.63, 3.8) is 0 Å². The summed E-state index contributed by atoms with van der Waals surface area (Å²) in [5.74, 6) is 0.868. The summed E-state index contributed by atoms with van der Waals surface area (Å²) in [5, 5.41) is 3.82. The van der Waals surface area contributed by atoms with E-state index in [4.69, 9.17) is 11.6 Å². The summed E-state index contributed by atoms with van der Waals surface area (Å²) >= 11 is 6.29. The molecule has 1 aliphatic heterocycles. The molecule has 1 aromatic heterocycles. The summed E-state index contributed by atoms with van der Waals surface area (Å²) in [6.07, 6.45) is 2.19. The van der Waals surface area contributed by atoms with Crippen LogP contribution in [0.4, 0.5) is 5.82 Å². The van der Waals surface area contributed by atoms with Crippen molar-refractivity contribution in [1.29, 1.82) is 0 Å². The zero-order valence-corrected chi connectivity index (χ0v) is 13.0. The summed E-state index contributed by atoms with van der Waals surface area (Å²) in [6, 6.07) is 12.6.